The summed E-state index contributed by atoms with van der Waals surface area (Å²) in [7, 11) is 0. The lowest BCUT2D eigenvalue weighted by Crippen LogP contribution is -2.16. The molecule has 190 valence electrons. The van der Waals surface area contributed by atoms with E-state index in [1.54, 1.807) is 0 Å². The molecule has 0 spiro atoms. The Morgan fingerprint density at radius 2 is 1.20 bits per heavy atom. The van der Waals surface area contributed by atoms with Crippen LogP contribution in [0.25, 0.3) is 45.7 Å². The van der Waals surface area contributed by atoms with Crippen molar-refractivity contribution in [1.29, 1.82) is 5.41 Å². The molecule has 6 heteroatoms. The Kier molecular flexibility index (Phi) is 5.83. The summed E-state index contributed by atoms with van der Waals surface area (Å²) in [4.78, 5) is 14.8. The number of allylic oxidation sites excluding steroid dienone is 2. The van der Waals surface area contributed by atoms with Crippen molar-refractivity contribution in [1.82, 2.24) is 19.5 Å². The molecule has 6 aromatic rings. The van der Waals surface area contributed by atoms with Gasteiger partial charge in [-0.15, -0.1) is 0 Å². The van der Waals surface area contributed by atoms with Gasteiger partial charge in [-0.1, -0.05) is 109 Å². The molecular weight excluding hydrogens is 492 g/mol. The van der Waals surface area contributed by atoms with E-state index >= 15 is 0 Å². The summed E-state index contributed by atoms with van der Waals surface area (Å²) >= 11 is 0. The van der Waals surface area contributed by atoms with Crippen molar-refractivity contribution in [2.45, 2.75) is 0 Å². The van der Waals surface area contributed by atoms with Gasteiger partial charge in [0.15, 0.2) is 11.6 Å². The van der Waals surface area contributed by atoms with Crippen LogP contribution in [-0.4, -0.2) is 25.2 Å². The van der Waals surface area contributed by atoms with Gasteiger partial charge in [-0.25, -0.2) is 4.98 Å². The molecule has 4 aromatic carbocycles. The quantitative estimate of drug-likeness (QED) is 0.248. The fourth-order valence-corrected chi connectivity index (χ4v) is 4.99. The fraction of sp³-hybridized carbons (Fsp3) is 0. The average molecular weight is 517 g/mol. The van der Waals surface area contributed by atoms with Crippen LogP contribution in [0.1, 0.15) is 11.3 Å². The van der Waals surface area contributed by atoms with Crippen LogP contribution in [0.15, 0.2) is 133 Å². The topological polar surface area (TPSA) is 79.5 Å². The predicted octanol–water partition coefficient (Wildman–Crippen LogP) is 7.54. The van der Waals surface area contributed by atoms with E-state index in [0.29, 0.717) is 23.3 Å². The van der Waals surface area contributed by atoms with E-state index in [2.05, 4.69) is 23.5 Å². The summed E-state index contributed by atoms with van der Waals surface area (Å²) in [5.74, 6) is 1.63. The van der Waals surface area contributed by atoms with Gasteiger partial charge in [-0.3, -0.25) is 9.98 Å². The van der Waals surface area contributed by atoms with E-state index in [0.717, 1.165) is 44.5 Å². The van der Waals surface area contributed by atoms with Crippen molar-refractivity contribution < 1.29 is 0 Å². The van der Waals surface area contributed by atoms with Crippen LogP contribution in [0.3, 0.4) is 0 Å². The largest absolute Gasteiger partial charge is 0.361 e. The molecule has 0 aliphatic heterocycles. The van der Waals surface area contributed by atoms with E-state index in [1.165, 1.54) is 0 Å². The lowest BCUT2D eigenvalue weighted by Gasteiger charge is -2.16. The highest BCUT2D eigenvalue weighted by molar-refractivity contribution is 6.20. The van der Waals surface area contributed by atoms with Crippen molar-refractivity contribution in [2.75, 3.05) is 5.32 Å². The summed E-state index contributed by atoms with van der Waals surface area (Å²) in [5, 5.41) is 13.7. The lowest BCUT2D eigenvalue weighted by atomic mass is 9.96. The van der Waals surface area contributed by atoms with E-state index in [-0.39, 0.29) is 0 Å². The van der Waals surface area contributed by atoms with Crippen molar-refractivity contribution in [3.8, 4) is 28.7 Å². The van der Waals surface area contributed by atoms with Gasteiger partial charge in [-0.05, 0) is 18.2 Å². The molecule has 2 heterocycles. The smallest absolute Gasteiger partial charge is 0.238 e. The molecule has 40 heavy (non-hydrogen) atoms. The Hall–Kier alpha value is -5.62. The lowest BCUT2D eigenvalue weighted by molar-refractivity contribution is 0.924. The van der Waals surface area contributed by atoms with Gasteiger partial charge in [0.05, 0.1) is 16.9 Å². The second-order valence-corrected chi connectivity index (χ2v) is 9.45. The molecule has 1 aliphatic carbocycles. The number of hydrogen-bond acceptors (Lipinski definition) is 5. The molecule has 0 saturated heterocycles. The van der Waals surface area contributed by atoms with Crippen molar-refractivity contribution in [2.24, 2.45) is 0 Å². The summed E-state index contributed by atoms with van der Waals surface area (Å²) in [6.45, 7) is 0. The Bertz CT molecular complexity index is 1860. The fourth-order valence-electron chi connectivity index (χ4n) is 4.99. The number of benzene rings is 4. The Labute approximate surface area is 231 Å². The zero-order valence-corrected chi connectivity index (χ0v) is 21.5. The highest BCUT2D eigenvalue weighted by Gasteiger charge is 2.26. The normalized spacial score (nSPS) is 13.5. The molecule has 0 saturated carbocycles. The first-order valence-corrected chi connectivity index (χ1v) is 13.1. The first kappa shape index (κ1) is 23.5. The van der Waals surface area contributed by atoms with E-state index in [4.69, 9.17) is 15.0 Å². The van der Waals surface area contributed by atoms with E-state index in [1.807, 2.05) is 120 Å². The van der Waals surface area contributed by atoms with Gasteiger partial charge >= 0.3 is 0 Å². The maximum Gasteiger partial charge on any atom is 0.238 e. The molecule has 1 aliphatic rings. The van der Waals surface area contributed by atoms with E-state index < -0.39 is 0 Å². The average Bonchev–Trinajstić information content (AvgIpc) is 3.37. The zero-order chi connectivity index (χ0) is 26.9. The highest BCUT2D eigenvalue weighted by Crippen LogP contribution is 2.35. The van der Waals surface area contributed by atoms with Crippen molar-refractivity contribution in [3.05, 3.63) is 144 Å². The number of rotatable bonds is 5. The van der Waals surface area contributed by atoms with E-state index in [9.17, 15) is 5.41 Å². The third-order valence-corrected chi connectivity index (χ3v) is 6.92. The SMILES string of the molecule is N=C1/C(=C\Nc2ccccc2)C=Cc2c1n(-c1nc(-c3ccccc3)nc(-c3ccccc3)n1)c1ccccc21. The van der Waals surface area contributed by atoms with Gasteiger partial charge in [-0.2, -0.15) is 9.97 Å². The third-order valence-electron chi connectivity index (χ3n) is 6.92. The maximum atomic E-state index is 9.30. The second kappa shape index (κ2) is 9.93. The molecule has 0 amide bonds. The van der Waals surface area contributed by atoms with Crippen LogP contribution in [-0.2, 0) is 0 Å². The number of nitrogens with zero attached hydrogens (tertiary/aromatic N) is 4. The van der Waals surface area contributed by atoms with Gasteiger partial charge < -0.3 is 5.32 Å². The zero-order valence-electron chi connectivity index (χ0n) is 21.5. The van der Waals surface area contributed by atoms with Gasteiger partial charge in [0.1, 0.15) is 0 Å². The van der Waals surface area contributed by atoms with Crippen LogP contribution in [0.5, 0.6) is 0 Å². The van der Waals surface area contributed by atoms with Crippen molar-refractivity contribution in [3.63, 3.8) is 0 Å². The van der Waals surface area contributed by atoms with Crippen molar-refractivity contribution >= 4 is 28.4 Å². The number of nitrogens with one attached hydrogen (secondary N) is 2. The minimum absolute atomic E-state index is 0.389. The molecule has 0 unspecified atom stereocenters. The third kappa shape index (κ3) is 4.18. The molecule has 2 aromatic heterocycles. The Morgan fingerprint density at radius 3 is 1.85 bits per heavy atom. The Balaban J connectivity index is 1.44. The van der Waals surface area contributed by atoms with Gasteiger partial charge in [0.25, 0.3) is 0 Å². The maximum absolute atomic E-state index is 9.30. The van der Waals surface area contributed by atoms with Crippen LogP contribution < -0.4 is 5.32 Å². The van der Waals surface area contributed by atoms with Crippen LogP contribution in [0.2, 0.25) is 0 Å². The summed E-state index contributed by atoms with van der Waals surface area (Å²) in [6.07, 6.45) is 5.93. The molecule has 0 fully saturated rings. The van der Waals surface area contributed by atoms with Crippen LogP contribution >= 0.6 is 0 Å². The number of aromatic nitrogens is 4. The van der Waals surface area contributed by atoms with Gasteiger partial charge in [0.2, 0.25) is 5.95 Å². The number of anilines is 1. The van der Waals surface area contributed by atoms with Crippen LogP contribution in [0.4, 0.5) is 5.69 Å². The number of hydrogen-bond donors (Lipinski definition) is 2. The number of para-hydroxylation sites is 2. The molecule has 0 radical (unpaired) electrons. The predicted molar refractivity (Wildman–Crippen MR) is 162 cm³/mol. The van der Waals surface area contributed by atoms with Crippen LogP contribution in [0, 0.1) is 5.41 Å². The highest BCUT2D eigenvalue weighted by atomic mass is 15.2. The Morgan fingerprint density at radius 1 is 0.625 bits per heavy atom. The molecule has 2 N–H and O–H groups in total. The first-order valence-electron chi connectivity index (χ1n) is 13.1. The molecule has 6 nitrogen and oxygen atoms in total. The second-order valence-electron chi connectivity index (χ2n) is 9.45. The molecule has 0 atom stereocenters. The standard InChI is InChI=1S/C34H24N6/c35-30-25(22-36-26-16-8-3-9-17-26)20-21-28-27-18-10-11-19-29(27)40(31(28)30)34-38-32(23-12-4-1-5-13-23)37-33(39-34)24-14-6-2-7-15-24/h1-22,35-36H/b25-22-,35-30?. The first-order chi connectivity index (χ1) is 19.8. The van der Waals surface area contributed by atoms with Gasteiger partial charge in [0, 0.05) is 39.5 Å². The minimum atomic E-state index is 0.389. The molecule has 7 rings (SSSR count). The summed E-state index contributed by atoms with van der Waals surface area (Å²) in [5.41, 5.74) is 6.56. The monoisotopic (exact) mass is 516 g/mol. The summed E-state index contributed by atoms with van der Waals surface area (Å²) < 4.78 is 1.99. The minimum Gasteiger partial charge on any atom is -0.361 e. The molecular formula is C34H24N6. The summed E-state index contributed by atoms with van der Waals surface area (Å²) in [6, 6.07) is 37.9. The molecule has 0 bridgehead atoms. The number of fused-ring (bicyclic) bond motifs is 3.